The van der Waals surface area contributed by atoms with Crippen molar-refractivity contribution in [1.82, 2.24) is 14.7 Å². The van der Waals surface area contributed by atoms with Crippen LogP contribution in [0, 0.1) is 5.92 Å². The van der Waals surface area contributed by atoms with E-state index in [2.05, 4.69) is 22.4 Å². The van der Waals surface area contributed by atoms with Gasteiger partial charge in [-0.1, -0.05) is 12.5 Å². The summed E-state index contributed by atoms with van der Waals surface area (Å²) in [5, 5.41) is 2.27. The standard InChI is InChI=1S/C18H25N3O2S2/c22-16-13-25-18(15-5-2-12-24-15)21(16)11-8-19-6-9-20(10-7-19)17(23)14-3-1-4-14/h2,5,12,14,18H,1,3-4,6-11,13H2. The highest BCUT2D eigenvalue weighted by atomic mass is 32.2. The third-order valence-corrected chi connectivity index (χ3v) is 7.86. The minimum Gasteiger partial charge on any atom is -0.340 e. The van der Waals surface area contributed by atoms with Gasteiger partial charge in [0.05, 0.1) is 5.75 Å². The zero-order valence-electron chi connectivity index (χ0n) is 14.4. The Kier molecular flexibility index (Phi) is 5.33. The van der Waals surface area contributed by atoms with E-state index in [4.69, 9.17) is 0 Å². The van der Waals surface area contributed by atoms with E-state index in [0.717, 1.165) is 52.1 Å². The van der Waals surface area contributed by atoms with Gasteiger partial charge in [0.15, 0.2) is 0 Å². The van der Waals surface area contributed by atoms with Gasteiger partial charge in [-0.05, 0) is 24.3 Å². The lowest BCUT2D eigenvalue weighted by Gasteiger charge is -2.38. The van der Waals surface area contributed by atoms with E-state index in [9.17, 15) is 9.59 Å². The number of hydrogen-bond acceptors (Lipinski definition) is 5. The van der Waals surface area contributed by atoms with Crippen molar-refractivity contribution in [2.45, 2.75) is 24.6 Å². The van der Waals surface area contributed by atoms with Crippen molar-refractivity contribution < 1.29 is 9.59 Å². The van der Waals surface area contributed by atoms with E-state index in [0.29, 0.717) is 17.6 Å². The van der Waals surface area contributed by atoms with Crippen molar-refractivity contribution in [2.75, 3.05) is 45.0 Å². The largest absolute Gasteiger partial charge is 0.340 e. The first kappa shape index (κ1) is 17.4. The first-order valence-corrected chi connectivity index (χ1v) is 11.1. The summed E-state index contributed by atoms with van der Waals surface area (Å²) in [7, 11) is 0. The van der Waals surface area contributed by atoms with Gasteiger partial charge in [-0.3, -0.25) is 14.5 Å². The average Bonchev–Trinajstić information content (AvgIpc) is 3.21. The molecule has 5 nitrogen and oxygen atoms in total. The molecule has 136 valence electrons. The van der Waals surface area contributed by atoms with Gasteiger partial charge in [-0.2, -0.15) is 0 Å². The van der Waals surface area contributed by atoms with Crippen LogP contribution in [0.5, 0.6) is 0 Å². The van der Waals surface area contributed by atoms with E-state index in [-0.39, 0.29) is 11.3 Å². The molecule has 2 amide bonds. The van der Waals surface area contributed by atoms with Crippen molar-refractivity contribution in [2.24, 2.45) is 5.92 Å². The minimum absolute atomic E-state index is 0.189. The molecule has 1 aliphatic carbocycles. The molecular formula is C18H25N3O2S2. The number of thiophene rings is 1. The van der Waals surface area contributed by atoms with Crippen LogP contribution in [0.4, 0.5) is 0 Å². The molecule has 1 aromatic heterocycles. The Bertz CT molecular complexity index is 610. The summed E-state index contributed by atoms with van der Waals surface area (Å²) in [6.45, 7) is 5.22. The highest BCUT2D eigenvalue weighted by Gasteiger charge is 2.34. The maximum atomic E-state index is 12.3. The van der Waals surface area contributed by atoms with Crippen LogP contribution < -0.4 is 0 Å². The van der Waals surface area contributed by atoms with E-state index >= 15 is 0 Å². The molecule has 2 saturated heterocycles. The second-order valence-corrected chi connectivity index (χ2v) is 9.11. The summed E-state index contributed by atoms with van der Waals surface area (Å²) >= 11 is 3.46. The maximum absolute atomic E-state index is 12.3. The normalized spacial score (nSPS) is 25.4. The highest BCUT2D eigenvalue weighted by Crippen LogP contribution is 2.40. The first-order valence-electron chi connectivity index (χ1n) is 9.18. The molecular weight excluding hydrogens is 354 g/mol. The first-order chi connectivity index (χ1) is 12.2. The molecule has 1 unspecified atom stereocenters. The molecule has 3 aliphatic rings. The van der Waals surface area contributed by atoms with E-state index in [1.165, 1.54) is 11.3 Å². The summed E-state index contributed by atoms with van der Waals surface area (Å²) in [5.41, 5.74) is 0. The van der Waals surface area contributed by atoms with E-state index in [1.807, 2.05) is 9.80 Å². The Morgan fingerprint density at radius 2 is 1.96 bits per heavy atom. The van der Waals surface area contributed by atoms with Crippen LogP contribution in [-0.2, 0) is 9.59 Å². The van der Waals surface area contributed by atoms with Crippen molar-refractivity contribution in [3.05, 3.63) is 22.4 Å². The molecule has 1 aromatic rings. The Hall–Kier alpha value is -1.05. The molecule has 3 fully saturated rings. The molecule has 0 radical (unpaired) electrons. The minimum atomic E-state index is 0.189. The molecule has 2 aliphatic heterocycles. The predicted molar refractivity (Wildman–Crippen MR) is 102 cm³/mol. The van der Waals surface area contributed by atoms with Crippen molar-refractivity contribution >= 4 is 34.9 Å². The third-order valence-electron chi connectivity index (χ3n) is 5.55. The number of carbonyl (C=O) groups is 2. The number of piperazine rings is 1. The smallest absolute Gasteiger partial charge is 0.233 e. The monoisotopic (exact) mass is 379 g/mol. The molecule has 1 atom stereocenters. The van der Waals surface area contributed by atoms with Crippen molar-refractivity contribution in [3.63, 3.8) is 0 Å². The van der Waals surface area contributed by atoms with Crippen LogP contribution in [0.15, 0.2) is 17.5 Å². The topological polar surface area (TPSA) is 43.9 Å². The Labute approximate surface area is 157 Å². The molecule has 0 spiro atoms. The lowest BCUT2D eigenvalue weighted by Crippen LogP contribution is -2.52. The van der Waals surface area contributed by atoms with Crippen molar-refractivity contribution in [1.29, 1.82) is 0 Å². The number of rotatable bonds is 5. The molecule has 0 aromatic carbocycles. The SMILES string of the molecule is O=C(C1CCC1)N1CCN(CCN2C(=O)CSC2c2cccs2)CC1. The number of amides is 2. The fourth-order valence-electron chi connectivity index (χ4n) is 3.72. The fourth-order valence-corrected chi connectivity index (χ4v) is 5.92. The zero-order chi connectivity index (χ0) is 17.2. The summed E-state index contributed by atoms with van der Waals surface area (Å²) in [6, 6.07) is 4.18. The van der Waals surface area contributed by atoms with Gasteiger partial charge < -0.3 is 9.80 Å². The highest BCUT2D eigenvalue weighted by molar-refractivity contribution is 8.00. The molecule has 25 heavy (non-hydrogen) atoms. The van der Waals surface area contributed by atoms with Gasteiger partial charge in [0.2, 0.25) is 11.8 Å². The molecule has 3 heterocycles. The molecule has 0 N–H and O–H groups in total. The number of hydrogen-bond donors (Lipinski definition) is 0. The molecule has 1 saturated carbocycles. The number of nitrogens with zero attached hydrogens (tertiary/aromatic N) is 3. The predicted octanol–water partition coefficient (Wildman–Crippen LogP) is 2.27. The lowest BCUT2D eigenvalue weighted by atomic mass is 9.84. The van der Waals surface area contributed by atoms with Crippen LogP contribution >= 0.6 is 23.1 Å². The zero-order valence-corrected chi connectivity index (χ0v) is 16.1. The van der Waals surface area contributed by atoms with Crippen LogP contribution in [0.1, 0.15) is 29.5 Å². The lowest BCUT2D eigenvalue weighted by molar-refractivity contribution is -0.139. The Balaban J connectivity index is 1.26. The van der Waals surface area contributed by atoms with Gasteiger partial charge in [0.1, 0.15) is 5.37 Å². The van der Waals surface area contributed by atoms with Gasteiger partial charge in [0, 0.05) is 50.1 Å². The number of carbonyl (C=O) groups excluding carboxylic acids is 2. The van der Waals surface area contributed by atoms with Gasteiger partial charge in [0.25, 0.3) is 0 Å². The average molecular weight is 380 g/mol. The molecule has 0 bridgehead atoms. The van der Waals surface area contributed by atoms with Gasteiger partial charge >= 0.3 is 0 Å². The van der Waals surface area contributed by atoms with Crippen molar-refractivity contribution in [3.8, 4) is 0 Å². The summed E-state index contributed by atoms with van der Waals surface area (Å²) in [6.07, 6.45) is 3.37. The second kappa shape index (κ2) is 7.68. The molecule has 7 heteroatoms. The Morgan fingerprint density at radius 3 is 2.60 bits per heavy atom. The summed E-state index contributed by atoms with van der Waals surface area (Å²) < 4.78 is 0. The number of thioether (sulfide) groups is 1. The van der Waals surface area contributed by atoms with Crippen LogP contribution in [0.2, 0.25) is 0 Å². The van der Waals surface area contributed by atoms with Crippen LogP contribution in [0.25, 0.3) is 0 Å². The van der Waals surface area contributed by atoms with Gasteiger partial charge in [-0.25, -0.2) is 0 Å². The van der Waals surface area contributed by atoms with Crippen LogP contribution in [0.3, 0.4) is 0 Å². The van der Waals surface area contributed by atoms with Crippen LogP contribution in [-0.4, -0.2) is 71.5 Å². The maximum Gasteiger partial charge on any atom is 0.233 e. The molecule has 4 rings (SSSR count). The summed E-state index contributed by atoms with van der Waals surface area (Å²) in [5.74, 6) is 1.51. The fraction of sp³-hybridized carbons (Fsp3) is 0.667. The summed E-state index contributed by atoms with van der Waals surface area (Å²) in [4.78, 5) is 32.3. The second-order valence-electron chi connectivity index (χ2n) is 7.06. The third kappa shape index (κ3) is 3.73. The Morgan fingerprint density at radius 1 is 1.16 bits per heavy atom. The quantitative estimate of drug-likeness (QED) is 0.787. The van der Waals surface area contributed by atoms with E-state index in [1.54, 1.807) is 23.1 Å². The van der Waals surface area contributed by atoms with E-state index < -0.39 is 0 Å². The van der Waals surface area contributed by atoms with Gasteiger partial charge in [-0.15, -0.1) is 23.1 Å².